The molecule has 0 atom stereocenters. The van der Waals surface area contributed by atoms with E-state index in [1.165, 1.54) is 64.2 Å². The number of carbonyl (C=O) groups is 2. The van der Waals surface area contributed by atoms with Crippen molar-refractivity contribution in [3.05, 3.63) is 0 Å². The minimum Gasteiger partial charge on any atom is -0.466 e. The molecule has 0 heterocycles. The summed E-state index contributed by atoms with van der Waals surface area (Å²) in [4.78, 5) is 21.8. The van der Waals surface area contributed by atoms with Crippen LogP contribution in [0, 0.1) is 0 Å². The second-order valence-electron chi connectivity index (χ2n) is 6.65. The Hall–Kier alpha value is -1.06. The van der Waals surface area contributed by atoms with E-state index in [1.54, 1.807) is 0 Å². The third-order valence-corrected chi connectivity index (χ3v) is 4.08. The van der Waals surface area contributed by atoms with Crippen LogP contribution >= 0.6 is 0 Å². The smallest absolute Gasteiger partial charge is 0.305 e. The van der Waals surface area contributed by atoms with Gasteiger partial charge < -0.3 is 9.47 Å². The second kappa shape index (κ2) is 23.9. The van der Waals surface area contributed by atoms with Crippen molar-refractivity contribution in [2.45, 2.75) is 118 Å². The molecule has 0 bridgehead atoms. The molecule has 0 aromatic heterocycles. The first-order valence-electron chi connectivity index (χ1n) is 10.9. The van der Waals surface area contributed by atoms with E-state index >= 15 is 0 Å². The molecule has 0 amide bonds. The van der Waals surface area contributed by atoms with Gasteiger partial charge in [0, 0.05) is 12.8 Å². The number of hydrogen-bond donors (Lipinski definition) is 0. The van der Waals surface area contributed by atoms with Crippen LogP contribution in [-0.2, 0) is 19.1 Å². The first kappa shape index (κ1) is 27.2. The molecular formula is C22H44O4. The summed E-state index contributed by atoms with van der Waals surface area (Å²) in [6, 6.07) is 0. The van der Waals surface area contributed by atoms with E-state index in [0.717, 1.165) is 12.8 Å². The molecule has 0 rings (SSSR count). The van der Waals surface area contributed by atoms with Gasteiger partial charge in [-0.25, -0.2) is 0 Å². The first-order valence-corrected chi connectivity index (χ1v) is 10.9. The van der Waals surface area contributed by atoms with Gasteiger partial charge in [0.25, 0.3) is 0 Å². The van der Waals surface area contributed by atoms with Gasteiger partial charge in [-0.2, -0.15) is 0 Å². The van der Waals surface area contributed by atoms with Crippen molar-refractivity contribution in [2.24, 2.45) is 0 Å². The van der Waals surface area contributed by atoms with E-state index in [2.05, 4.69) is 13.8 Å². The monoisotopic (exact) mass is 372 g/mol. The van der Waals surface area contributed by atoms with Crippen molar-refractivity contribution >= 4 is 11.9 Å². The van der Waals surface area contributed by atoms with Gasteiger partial charge in [-0.05, 0) is 26.7 Å². The highest BCUT2D eigenvalue weighted by Crippen LogP contribution is 2.08. The SMILES string of the molecule is CCCCCCCCC(=O)OCC.CCCCCCCCC(=O)OCC. The van der Waals surface area contributed by atoms with Gasteiger partial charge >= 0.3 is 11.9 Å². The molecular weight excluding hydrogens is 328 g/mol. The summed E-state index contributed by atoms with van der Waals surface area (Å²) in [5, 5.41) is 0. The molecule has 0 radical (unpaired) electrons. The minimum absolute atomic E-state index is 0.0435. The number of hydrogen-bond acceptors (Lipinski definition) is 4. The zero-order valence-electron chi connectivity index (χ0n) is 17.9. The standard InChI is InChI=1S/2C11H22O2/c2*1-3-5-6-7-8-9-10-11(12)13-4-2/h2*3-10H2,1-2H3. The Morgan fingerprint density at radius 2 is 0.808 bits per heavy atom. The minimum atomic E-state index is -0.0435. The van der Waals surface area contributed by atoms with Crippen LogP contribution in [0.3, 0.4) is 0 Å². The van der Waals surface area contributed by atoms with Gasteiger partial charge in [0.15, 0.2) is 0 Å². The molecule has 156 valence electrons. The molecule has 0 aromatic rings. The average molecular weight is 373 g/mol. The summed E-state index contributed by atoms with van der Waals surface area (Å²) >= 11 is 0. The van der Waals surface area contributed by atoms with Crippen molar-refractivity contribution in [3.63, 3.8) is 0 Å². The highest BCUT2D eigenvalue weighted by molar-refractivity contribution is 5.69. The van der Waals surface area contributed by atoms with E-state index in [0.29, 0.717) is 26.1 Å². The Kier molecular flexibility index (Phi) is 25.0. The summed E-state index contributed by atoms with van der Waals surface area (Å²) < 4.78 is 9.66. The average Bonchev–Trinajstić information content (AvgIpc) is 2.62. The number of unbranched alkanes of at least 4 members (excludes halogenated alkanes) is 10. The third-order valence-electron chi connectivity index (χ3n) is 4.08. The summed E-state index contributed by atoms with van der Waals surface area (Å²) in [7, 11) is 0. The summed E-state index contributed by atoms with van der Waals surface area (Å²) in [6.45, 7) is 9.12. The van der Waals surface area contributed by atoms with Crippen LogP contribution in [0.2, 0.25) is 0 Å². The summed E-state index contributed by atoms with van der Waals surface area (Å²) in [6.07, 6.45) is 15.8. The zero-order chi connectivity index (χ0) is 19.9. The van der Waals surface area contributed by atoms with Gasteiger partial charge in [-0.1, -0.05) is 78.1 Å². The Balaban J connectivity index is 0. The first-order chi connectivity index (χ1) is 12.6. The van der Waals surface area contributed by atoms with Crippen LogP contribution in [0.4, 0.5) is 0 Å². The Bertz CT molecular complexity index is 273. The number of esters is 2. The molecule has 0 aliphatic heterocycles. The van der Waals surface area contributed by atoms with E-state index in [4.69, 9.17) is 9.47 Å². The molecule has 0 fully saturated rings. The van der Waals surface area contributed by atoms with E-state index in [-0.39, 0.29) is 11.9 Å². The summed E-state index contributed by atoms with van der Waals surface area (Å²) in [5.74, 6) is -0.0871. The third kappa shape index (κ3) is 25.2. The molecule has 0 saturated heterocycles. The van der Waals surface area contributed by atoms with Crippen molar-refractivity contribution in [1.82, 2.24) is 0 Å². The van der Waals surface area contributed by atoms with E-state index < -0.39 is 0 Å². The fraction of sp³-hybridized carbons (Fsp3) is 0.909. The van der Waals surface area contributed by atoms with Crippen molar-refractivity contribution in [2.75, 3.05) is 13.2 Å². The summed E-state index contributed by atoms with van der Waals surface area (Å²) in [5.41, 5.74) is 0. The van der Waals surface area contributed by atoms with Crippen molar-refractivity contribution in [1.29, 1.82) is 0 Å². The van der Waals surface area contributed by atoms with E-state index in [9.17, 15) is 9.59 Å². The van der Waals surface area contributed by atoms with Crippen LogP contribution in [0.15, 0.2) is 0 Å². The van der Waals surface area contributed by atoms with Crippen molar-refractivity contribution in [3.8, 4) is 0 Å². The number of ether oxygens (including phenoxy) is 2. The lowest BCUT2D eigenvalue weighted by Crippen LogP contribution is -2.03. The molecule has 0 aliphatic carbocycles. The maximum atomic E-state index is 10.9. The molecule has 0 unspecified atom stereocenters. The molecule has 0 N–H and O–H groups in total. The highest BCUT2D eigenvalue weighted by Gasteiger charge is 2.00. The molecule has 0 aromatic carbocycles. The Morgan fingerprint density at radius 3 is 1.12 bits per heavy atom. The number of rotatable bonds is 16. The Labute approximate surface area is 162 Å². The maximum Gasteiger partial charge on any atom is 0.305 e. The maximum absolute atomic E-state index is 10.9. The quantitative estimate of drug-likeness (QED) is 0.226. The van der Waals surface area contributed by atoms with Gasteiger partial charge in [0.1, 0.15) is 0 Å². The van der Waals surface area contributed by atoms with Crippen molar-refractivity contribution < 1.29 is 19.1 Å². The molecule has 4 nitrogen and oxygen atoms in total. The van der Waals surface area contributed by atoms with Crippen LogP contribution in [-0.4, -0.2) is 25.2 Å². The fourth-order valence-electron chi connectivity index (χ4n) is 2.57. The van der Waals surface area contributed by atoms with Crippen LogP contribution in [0.1, 0.15) is 118 Å². The Morgan fingerprint density at radius 1 is 0.500 bits per heavy atom. The largest absolute Gasteiger partial charge is 0.466 e. The van der Waals surface area contributed by atoms with Gasteiger partial charge in [0.05, 0.1) is 13.2 Å². The number of carbonyl (C=O) groups excluding carboxylic acids is 2. The normalized spacial score (nSPS) is 10.0. The topological polar surface area (TPSA) is 52.6 Å². The van der Waals surface area contributed by atoms with Crippen LogP contribution < -0.4 is 0 Å². The van der Waals surface area contributed by atoms with Gasteiger partial charge in [0.2, 0.25) is 0 Å². The zero-order valence-corrected chi connectivity index (χ0v) is 17.9. The molecule has 0 spiro atoms. The molecule has 0 aliphatic rings. The molecule has 0 saturated carbocycles. The lowest BCUT2D eigenvalue weighted by molar-refractivity contribution is -0.144. The lowest BCUT2D eigenvalue weighted by atomic mass is 10.1. The molecule has 26 heavy (non-hydrogen) atoms. The van der Waals surface area contributed by atoms with Gasteiger partial charge in [-0.3, -0.25) is 9.59 Å². The lowest BCUT2D eigenvalue weighted by Gasteiger charge is -2.01. The predicted molar refractivity (Wildman–Crippen MR) is 109 cm³/mol. The van der Waals surface area contributed by atoms with Gasteiger partial charge in [-0.15, -0.1) is 0 Å². The molecule has 4 heteroatoms. The van der Waals surface area contributed by atoms with Crippen LogP contribution in [0.25, 0.3) is 0 Å². The highest BCUT2D eigenvalue weighted by atomic mass is 16.5. The predicted octanol–water partition coefficient (Wildman–Crippen LogP) is 6.60. The fourth-order valence-corrected chi connectivity index (χ4v) is 2.57. The van der Waals surface area contributed by atoms with E-state index in [1.807, 2.05) is 13.8 Å². The second-order valence-corrected chi connectivity index (χ2v) is 6.65. The van der Waals surface area contributed by atoms with Crippen LogP contribution in [0.5, 0.6) is 0 Å².